The fourth-order valence-corrected chi connectivity index (χ4v) is 1.92. The smallest absolute Gasteiger partial charge is 0.329 e. The van der Waals surface area contributed by atoms with Gasteiger partial charge in [-0.1, -0.05) is 6.92 Å². The number of carbonyl (C=O) groups is 2. The van der Waals surface area contributed by atoms with E-state index in [-0.39, 0.29) is 0 Å². The molecule has 1 unspecified atom stereocenters. The molecule has 1 saturated heterocycles. The van der Waals surface area contributed by atoms with Crippen molar-refractivity contribution in [3.63, 3.8) is 0 Å². The van der Waals surface area contributed by atoms with E-state index in [0.717, 1.165) is 19.6 Å². The van der Waals surface area contributed by atoms with E-state index < -0.39 is 17.5 Å². The zero-order chi connectivity index (χ0) is 13.6. The monoisotopic (exact) mass is 257 g/mol. The Morgan fingerprint density at radius 1 is 1.33 bits per heavy atom. The maximum absolute atomic E-state index is 11.6. The third-order valence-electron chi connectivity index (χ3n) is 3.48. The molecule has 6 nitrogen and oxygen atoms in total. The Kier molecular flexibility index (Phi) is 5.40. The Balaban J connectivity index is 2.25. The molecule has 3 N–H and O–H groups in total. The molecule has 1 fully saturated rings. The number of likely N-dealkylation sites (tertiary alicyclic amines) is 1. The van der Waals surface area contributed by atoms with Crippen molar-refractivity contribution in [3.8, 4) is 0 Å². The molecule has 0 aliphatic carbocycles. The summed E-state index contributed by atoms with van der Waals surface area (Å²) in [7, 11) is 0. The van der Waals surface area contributed by atoms with Gasteiger partial charge < -0.3 is 20.6 Å². The summed E-state index contributed by atoms with van der Waals surface area (Å²) in [6.07, 6.45) is 2.79. The van der Waals surface area contributed by atoms with Gasteiger partial charge in [0.2, 0.25) is 0 Å². The maximum Gasteiger partial charge on any atom is 0.329 e. The molecule has 0 spiro atoms. The van der Waals surface area contributed by atoms with Crippen LogP contribution in [0.1, 0.15) is 33.1 Å². The van der Waals surface area contributed by atoms with Gasteiger partial charge in [0.05, 0.1) is 0 Å². The molecule has 0 aromatic carbocycles. The Labute approximate surface area is 108 Å². The topological polar surface area (TPSA) is 81.7 Å². The van der Waals surface area contributed by atoms with Crippen LogP contribution < -0.4 is 10.6 Å². The highest BCUT2D eigenvalue weighted by molar-refractivity contribution is 5.85. The van der Waals surface area contributed by atoms with Crippen molar-refractivity contribution >= 4 is 12.0 Å². The van der Waals surface area contributed by atoms with Crippen molar-refractivity contribution in [2.45, 2.75) is 38.6 Å². The average Bonchev–Trinajstić information content (AvgIpc) is 2.81. The van der Waals surface area contributed by atoms with Gasteiger partial charge in [-0.3, -0.25) is 0 Å². The number of carbonyl (C=O) groups excluding carboxylic acids is 1. The largest absolute Gasteiger partial charge is 0.480 e. The number of rotatable bonds is 6. The molecule has 18 heavy (non-hydrogen) atoms. The van der Waals surface area contributed by atoms with Crippen molar-refractivity contribution in [3.05, 3.63) is 0 Å². The lowest BCUT2D eigenvalue weighted by Gasteiger charge is -2.25. The van der Waals surface area contributed by atoms with E-state index in [0.29, 0.717) is 13.0 Å². The molecule has 6 heteroatoms. The number of hydrogen-bond donors (Lipinski definition) is 3. The van der Waals surface area contributed by atoms with Crippen LogP contribution in [0.25, 0.3) is 0 Å². The number of aliphatic carboxylic acids is 1. The summed E-state index contributed by atoms with van der Waals surface area (Å²) in [4.78, 5) is 24.9. The first-order valence-corrected chi connectivity index (χ1v) is 6.49. The first kappa shape index (κ1) is 14.8. The lowest BCUT2D eigenvalue weighted by molar-refractivity contribution is -0.143. The molecule has 0 bridgehead atoms. The highest BCUT2D eigenvalue weighted by Crippen LogP contribution is 2.08. The van der Waals surface area contributed by atoms with Gasteiger partial charge in [-0.25, -0.2) is 9.59 Å². The second-order valence-corrected chi connectivity index (χ2v) is 4.92. The molecule has 0 saturated carbocycles. The summed E-state index contributed by atoms with van der Waals surface area (Å²) >= 11 is 0. The molecule has 1 aliphatic heterocycles. The number of hydrogen-bond acceptors (Lipinski definition) is 3. The van der Waals surface area contributed by atoms with Crippen molar-refractivity contribution < 1.29 is 14.7 Å². The second-order valence-electron chi connectivity index (χ2n) is 4.92. The standard InChI is InChI=1S/C12H23N3O3/c1-3-12(2,10(16)17)14-11(18)13-6-9-15-7-4-5-8-15/h3-9H2,1-2H3,(H,16,17)(H2,13,14,18). The SMILES string of the molecule is CCC(C)(NC(=O)NCCN1CCCC1)C(=O)O. The Bertz CT molecular complexity index is 303. The Morgan fingerprint density at radius 3 is 2.44 bits per heavy atom. The van der Waals surface area contributed by atoms with Crippen LogP contribution >= 0.6 is 0 Å². The van der Waals surface area contributed by atoms with E-state index in [9.17, 15) is 9.59 Å². The Morgan fingerprint density at radius 2 is 1.94 bits per heavy atom. The summed E-state index contributed by atoms with van der Waals surface area (Å²) in [5.41, 5.74) is -1.20. The minimum absolute atomic E-state index is 0.349. The van der Waals surface area contributed by atoms with E-state index in [1.165, 1.54) is 19.8 Å². The minimum Gasteiger partial charge on any atom is -0.480 e. The van der Waals surface area contributed by atoms with E-state index in [2.05, 4.69) is 15.5 Å². The lowest BCUT2D eigenvalue weighted by Crippen LogP contribution is -2.55. The number of nitrogens with zero attached hydrogens (tertiary/aromatic N) is 1. The van der Waals surface area contributed by atoms with Crippen molar-refractivity contribution in [1.82, 2.24) is 15.5 Å². The quantitative estimate of drug-likeness (QED) is 0.652. The molecule has 104 valence electrons. The fourth-order valence-electron chi connectivity index (χ4n) is 1.92. The molecule has 1 rings (SSSR count). The number of amides is 2. The van der Waals surface area contributed by atoms with Crippen LogP contribution in [-0.4, -0.2) is 53.7 Å². The van der Waals surface area contributed by atoms with E-state index >= 15 is 0 Å². The molecule has 2 amide bonds. The average molecular weight is 257 g/mol. The molecule has 1 aliphatic rings. The third kappa shape index (κ3) is 4.18. The summed E-state index contributed by atoms with van der Waals surface area (Å²) < 4.78 is 0. The van der Waals surface area contributed by atoms with Gasteiger partial charge in [-0.05, 0) is 39.3 Å². The van der Waals surface area contributed by atoms with E-state index in [1.54, 1.807) is 6.92 Å². The van der Waals surface area contributed by atoms with Gasteiger partial charge in [0.25, 0.3) is 0 Å². The van der Waals surface area contributed by atoms with Gasteiger partial charge in [-0.15, -0.1) is 0 Å². The molecule has 0 aromatic heterocycles. The number of nitrogens with one attached hydrogen (secondary N) is 2. The summed E-state index contributed by atoms with van der Waals surface area (Å²) in [6.45, 7) is 6.79. The van der Waals surface area contributed by atoms with Crippen molar-refractivity contribution in [2.24, 2.45) is 0 Å². The van der Waals surface area contributed by atoms with Gasteiger partial charge in [0.1, 0.15) is 5.54 Å². The van der Waals surface area contributed by atoms with Crippen molar-refractivity contribution in [1.29, 1.82) is 0 Å². The van der Waals surface area contributed by atoms with Crippen molar-refractivity contribution in [2.75, 3.05) is 26.2 Å². The zero-order valence-electron chi connectivity index (χ0n) is 11.2. The molecule has 0 aromatic rings. The summed E-state index contributed by atoms with van der Waals surface area (Å²) in [6, 6.07) is -0.416. The molecule has 0 radical (unpaired) electrons. The van der Waals surface area contributed by atoms with Gasteiger partial charge in [-0.2, -0.15) is 0 Å². The predicted octanol–water partition coefficient (Wildman–Crippen LogP) is 0.635. The second kappa shape index (κ2) is 6.58. The first-order chi connectivity index (χ1) is 8.48. The number of carboxylic acids is 1. The normalized spacial score (nSPS) is 19.2. The lowest BCUT2D eigenvalue weighted by atomic mass is 10.00. The van der Waals surface area contributed by atoms with Crippen LogP contribution in [0.15, 0.2) is 0 Å². The van der Waals surface area contributed by atoms with Crippen LogP contribution in [0.3, 0.4) is 0 Å². The third-order valence-corrected chi connectivity index (χ3v) is 3.48. The molecule has 1 atom stereocenters. The zero-order valence-corrected chi connectivity index (χ0v) is 11.2. The number of carboxylic acid groups (broad SMARTS) is 1. The van der Waals surface area contributed by atoms with Crippen LogP contribution in [0.2, 0.25) is 0 Å². The van der Waals surface area contributed by atoms with Gasteiger partial charge >= 0.3 is 12.0 Å². The molecular weight excluding hydrogens is 234 g/mol. The predicted molar refractivity (Wildman–Crippen MR) is 68.5 cm³/mol. The first-order valence-electron chi connectivity index (χ1n) is 6.49. The molecule has 1 heterocycles. The fraction of sp³-hybridized carbons (Fsp3) is 0.833. The highest BCUT2D eigenvalue weighted by atomic mass is 16.4. The summed E-state index contributed by atoms with van der Waals surface area (Å²) in [5, 5.41) is 14.2. The van der Waals surface area contributed by atoms with E-state index in [4.69, 9.17) is 5.11 Å². The van der Waals surface area contributed by atoms with Crippen LogP contribution in [0, 0.1) is 0 Å². The highest BCUT2D eigenvalue weighted by Gasteiger charge is 2.32. The number of urea groups is 1. The van der Waals surface area contributed by atoms with E-state index in [1.807, 2.05) is 0 Å². The van der Waals surface area contributed by atoms with Crippen LogP contribution in [-0.2, 0) is 4.79 Å². The van der Waals surface area contributed by atoms with Crippen LogP contribution in [0.5, 0.6) is 0 Å². The molecular formula is C12H23N3O3. The van der Waals surface area contributed by atoms with Crippen LogP contribution in [0.4, 0.5) is 4.79 Å². The van der Waals surface area contributed by atoms with Gasteiger partial charge in [0, 0.05) is 13.1 Å². The minimum atomic E-state index is -1.20. The van der Waals surface area contributed by atoms with Gasteiger partial charge in [0.15, 0.2) is 0 Å². The maximum atomic E-state index is 11.6. The summed E-state index contributed by atoms with van der Waals surface area (Å²) in [5.74, 6) is -1.01. The Hall–Kier alpha value is -1.30.